The van der Waals surface area contributed by atoms with Crippen molar-refractivity contribution >= 4 is 11.4 Å². The molecule has 0 saturated carbocycles. The first-order chi connectivity index (χ1) is 8.68. The number of aliphatic imine (C=N–C) groups is 1. The molecule has 0 fully saturated rings. The van der Waals surface area contributed by atoms with Gasteiger partial charge < -0.3 is 0 Å². The third-order valence-electron chi connectivity index (χ3n) is 2.88. The van der Waals surface area contributed by atoms with E-state index in [4.69, 9.17) is 4.99 Å². The Labute approximate surface area is 108 Å². The third kappa shape index (κ3) is 2.83. The zero-order valence-corrected chi connectivity index (χ0v) is 11.1. The van der Waals surface area contributed by atoms with Crippen molar-refractivity contribution in [2.24, 2.45) is 4.99 Å². The van der Waals surface area contributed by atoms with Gasteiger partial charge in [0.25, 0.3) is 0 Å². The lowest BCUT2D eigenvalue weighted by atomic mass is 10.0. The first kappa shape index (κ1) is 12.5. The van der Waals surface area contributed by atoms with Crippen LogP contribution >= 0.6 is 0 Å². The zero-order valence-electron chi connectivity index (χ0n) is 11.1. The van der Waals surface area contributed by atoms with Gasteiger partial charge in [-0.1, -0.05) is 38.1 Å². The molecule has 0 amide bonds. The molecule has 0 aliphatic heterocycles. The van der Waals surface area contributed by atoms with Gasteiger partial charge in [-0.3, -0.25) is 9.98 Å². The van der Waals surface area contributed by atoms with Gasteiger partial charge in [0.15, 0.2) is 0 Å². The van der Waals surface area contributed by atoms with Gasteiger partial charge in [0, 0.05) is 6.20 Å². The summed E-state index contributed by atoms with van der Waals surface area (Å²) in [4.78, 5) is 9.02. The fourth-order valence-electron chi connectivity index (χ4n) is 1.89. The molecular formula is C16H18N2. The van der Waals surface area contributed by atoms with Crippen LogP contribution in [-0.2, 0) is 0 Å². The van der Waals surface area contributed by atoms with Crippen LogP contribution in [0.4, 0.5) is 5.69 Å². The minimum Gasteiger partial charge on any atom is -0.255 e. The molecule has 2 heteroatoms. The van der Waals surface area contributed by atoms with Crippen LogP contribution in [0, 0.1) is 0 Å². The number of hydrogen-bond acceptors (Lipinski definition) is 2. The molecule has 0 bridgehead atoms. The monoisotopic (exact) mass is 238 g/mol. The third-order valence-corrected chi connectivity index (χ3v) is 2.88. The van der Waals surface area contributed by atoms with E-state index in [0.29, 0.717) is 5.92 Å². The molecular weight excluding hydrogens is 220 g/mol. The van der Waals surface area contributed by atoms with Crippen molar-refractivity contribution < 1.29 is 0 Å². The average molecular weight is 238 g/mol. The molecule has 2 rings (SSSR count). The molecule has 0 unspecified atom stereocenters. The van der Waals surface area contributed by atoms with Gasteiger partial charge in [-0.05, 0) is 36.6 Å². The summed E-state index contributed by atoms with van der Waals surface area (Å²) in [6.45, 7) is 6.37. The highest BCUT2D eigenvalue weighted by atomic mass is 14.8. The summed E-state index contributed by atoms with van der Waals surface area (Å²) < 4.78 is 0. The minimum atomic E-state index is 0.474. The Morgan fingerprint density at radius 1 is 1.06 bits per heavy atom. The van der Waals surface area contributed by atoms with E-state index in [2.05, 4.69) is 37.0 Å². The van der Waals surface area contributed by atoms with Gasteiger partial charge in [0.1, 0.15) is 0 Å². The second-order valence-corrected chi connectivity index (χ2v) is 4.63. The molecule has 1 aromatic carbocycles. The first-order valence-electron chi connectivity index (χ1n) is 6.24. The zero-order chi connectivity index (χ0) is 13.0. The summed E-state index contributed by atoms with van der Waals surface area (Å²) in [5, 5.41) is 0. The van der Waals surface area contributed by atoms with E-state index in [1.54, 1.807) is 6.20 Å². The van der Waals surface area contributed by atoms with Crippen LogP contribution in [0.1, 0.15) is 37.9 Å². The fraction of sp³-hybridized carbons (Fsp3) is 0.250. The Balaban J connectivity index is 2.39. The standard InChI is InChI=1S/C16H18N2/c1-12(2)14-8-4-5-10-16(14)18-13(3)15-9-6-7-11-17-15/h4-12H,1-3H3/b18-13+. The molecule has 1 heterocycles. The summed E-state index contributed by atoms with van der Waals surface area (Å²) in [6.07, 6.45) is 1.79. The maximum atomic E-state index is 4.70. The highest BCUT2D eigenvalue weighted by molar-refractivity contribution is 5.98. The van der Waals surface area contributed by atoms with Crippen LogP contribution in [0.15, 0.2) is 53.7 Å². The average Bonchev–Trinajstić information content (AvgIpc) is 2.40. The maximum Gasteiger partial charge on any atom is 0.0841 e. The van der Waals surface area contributed by atoms with Crippen LogP contribution in [0.2, 0.25) is 0 Å². The predicted octanol–water partition coefficient (Wildman–Crippen LogP) is 4.35. The van der Waals surface area contributed by atoms with Crippen LogP contribution in [0.5, 0.6) is 0 Å². The van der Waals surface area contributed by atoms with Gasteiger partial charge in [0.2, 0.25) is 0 Å². The van der Waals surface area contributed by atoms with Gasteiger partial charge in [-0.2, -0.15) is 0 Å². The lowest BCUT2D eigenvalue weighted by Crippen LogP contribution is -1.97. The van der Waals surface area contributed by atoms with E-state index < -0.39 is 0 Å². The minimum absolute atomic E-state index is 0.474. The van der Waals surface area contributed by atoms with Crippen molar-refractivity contribution in [3.05, 3.63) is 59.9 Å². The predicted molar refractivity (Wildman–Crippen MR) is 76.6 cm³/mol. The molecule has 0 aliphatic rings. The molecule has 0 radical (unpaired) electrons. The Bertz CT molecular complexity index is 542. The van der Waals surface area contributed by atoms with Crippen molar-refractivity contribution in [2.75, 3.05) is 0 Å². The second-order valence-electron chi connectivity index (χ2n) is 4.63. The quantitative estimate of drug-likeness (QED) is 0.730. The van der Waals surface area contributed by atoms with Gasteiger partial charge in [0.05, 0.1) is 17.1 Å². The summed E-state index contributed by atoms with van der Waals surface area (Å²) in [5.74, 6) is 0.474. The van der Waals surface area contributed by atoms with E-state index in [-0.39, 0.29) is 0 Å². The molecule has 0 spiro atoms. The summed E-state index contributed by atoms with van der Waals surface area (Å²) in [6, 6.07) is 14.2. The van der Waals surface area contributed by atoms with E-state index in [0.717, 1.165) is 17.1 Å². The molecule has 0 saturated heterocycles. The van der Waals surface area contributed by atoms with Crippen molar-refractivity contribution in [1.29, 1.82) is 0 Å². The van der Waals surface area contributed by atoms with Crippen LogP contribution in [-0.4, -0.2) is 10.7 Å². The second kappa shape index (κ2) is 5.58. The lowest BCUT2D eigenvalue weighted by Gasteiger charge is -2.09. The van der Waals surface area contributed by atoms with Crippen molar-refractivity contribution in [3.63, 3.8) is 0 Å². The number of rotatable bonds is 3. The molecule has 18 heavy (non-hydrogen) atoms. The number of nitrogens with zero attached hydrogens (tertiary/aromatic N) is 2. The van der Waals surface area contributed by atoms with E-state index in [1.165, 1.54) is 5.56 Å². The molecule has 92 valence electrons. The Morgan fingerprint density at radius 3 is 2.44 bits per heavy atom. The normalized spacial score (nSPS) is 11.9. The van der Waals surface area contributed by atoms with Gasteiger partial charge in [-0.25, -0.2) is 0 Å². The first-order valence-corrected chi connectivity index (χ1v) is 6.24. The number of hydrogen-bond donors (Lipinski definition) is 0. The summed E-state index contributed by atoms with van der Waals surface area (Å²) in [7, 11) is 0. The van der Waals surface area contributed by atoms with Crippen LogP contribution in [0.3, 0.4) is 0 Å². The van der Waals surface area contributed by atoms with Crippen molar-refractivity contribution in [1.82, 2.24) is 4.98 Å². The SMILES string of the molecule is C/C(=N\c1ccccc1C(C)C)c1ccccn1. The smallest absolute Gasteiger partial charge is 0.0841 e. The highest BCUT2D eigenvalue weighted by Gasteiger charge is 2.05. The Morgan fingerprint density at radius 2 is 1.78 bits per heavy atom. The Kier molecular flexibility index (Phi) is 3.88. The maximum absolute atomic E-state index is 4.70. The summed E-state index contributed by atoms with van der Waals surface area (Å²) in [5.41, 5.74) is 4.18. The van der Waals surface area contributed by atoms with Crippen molar-refractivity contribution in [2.45, 2.75) is 26.7 Å². The van der Waals surface area contributed by atoms with E-state index in [1.807, 2.05) is 31.2 Å². The molecule has 0 aliphatic carbocycles. The molecule has 2 aromatic rings. The lowest BCUT2D eigenvalue weighted by molar-refractivity contribution is 0.867. The number of aromatic nitrogens is 1. The summed E-state index contributed by atoms with van der Waals surface area (Å²) >= 11 is 0. The van der Waals surface area contributed by atoms with Crippen LogP contribution in [0.25, 0.3) is 0 Å². The number of para-hydroxylation sites is 1. The van der Waals surface area contributed by atoms with E-state index in [9.17, 15) is 0 Å². The van der Waals surface area contributed by atoms with Gasteiger partial charge >= 0.3 is 0 Å². The molecule has 0 N–H and O–H groups in total. The van der Waals surface area contributed by atoms with Crippen LogP contribution < -0.4 is 0 Å². The van der Waals surface area contributed by atoms with Crippen molar-refractivity contribution in [3.8, 4) is 0 Å². The van der Waals surface area contributed by atoms with Gasteiger partial charge in [-0.15, -0.1) is 0 Å². The largest absolute Gasteiger partial charge is 0.255 e. The topological polar surface area (TPSA) is 25.2 Å². The number of pyridine rings is 1. The molecule has 0 atom stereocenters. The number of benzene rings is 1. The highest BCUT2D eigenvalue weighted by Crippen LogP contribution is 2.26. The molecule has 1 aromatic heterocycles. The molecule has 2 nitrogen and oxygen atoms in total. The Hall–Kier alpha value is -1.96. The fourth-order valence-corrected chi connectivity index (χ4v) is 1.89. The van der Waals surface area contributed by atoms with E-state index >= 15 is 0 Å².